The summed E-state index contributed by atoms with van der Waals surface area (Å²) in [6.07, 6.45) is -4.73. The van der Waals surface area contributed by atoms with E-state index in [4.69, 9.17) is 10.5 Å². The number of carbonyl (C=O) groups is 1. The Bertz CT molecular complexity index is 652. The van der Waals surface area contributed by atoms with E-state index in [-0.39, 0.29) is 22.7 Å². The lowest BCUT2D eigenvalue weighted by molar-refractivity contribution is -0.159. The lowest BCUT2D eigenvalue weighted by atomic mass is 10.1. The third-order valence-corrected chi connectivity index (χ3v) is 2.40. The van der Waals surface area contributed by atoms with Gasteiger partial charge >= 0.3 is 12.1 Å². The Morgan fingerprint density at radius 2 is 2.10 bits per heavy atom. The molecular weight excluding hydrogens is 279 g/mol. The average molecular weight is 287 g/mol. The van der Waals surface area contributed by atoms with Crippen LogP contribution in [0, 0.1) is 0 Å². The van der Waals surface area contributed by atoms with Crippen LogP contribution in [0.5, 0.6) is 5.75 Å². The van der Waals surface area contributed by atoms with Gasteiger partial charge in [-0.05, 0) is 18.2 Å². The molecule has 0 saturated carbocycles. The molecule has 1 aromatic heterocycles. The number of nitrogens with zero attached hydrogens (tertiary/aromatic N) is 2. The third kappa shape index (κ3) is 2.56. The van der Waals surface area contributed by atoms with Crippen molar-refractivity contribution in [2.24, 2.45) is 5.73 Å². The molecule has 0 unspecified atom stereocenters. The first-order chi connectivity index (χ1) is 9.32. The Morgan fingerprint density at radius 1 is 1.40 bits per heavy atom. The zero-order valence-corrected chi connectivity index (χ0v) is 10.1. The molecule has 1 aromatic carbocycles. The maximum atomic E-state index is 12.4. The molecule has 0 radical (unpaired) electrons. The SMILES string of the molecule is COc1cc(C(N)=O)ccc1-c1noc(C(F)(F)F)n1. The number of methoxy groups -OCH3 is 1. The molecule has 0 fully saturated rings. The molecule has 2 rings (SSSR count). The topological polar surface area (TPSA) is 91.2 Å². The fourth-order valence-electron chi connectivity index (χ4n) is 1.48. The highest BCUT2D eigenvalue weighted by molar-refractivity contribution is 5.94. The summed E-state index contributed by atoms with van der Waals surface area (Å²) < 4.78 is 46.2. The Morgan fingerprint density at radius 3 is 2.60 bits per heavy atom. The Kier molecular flexibility index (Phi) is 3.35. The van der Waals surface area contributed by atoms with Gasteiger partial charge in [-0.25, -0.2) is 0 Å². The fraction of sp³-hybridized carbons (Fsp3) is 0.182. The Hall–Kier alpha value is -2.58. The quantitative estimate of drug-likeness (QED) is 0.930. The van der Waals surface area contributed by atoms with Crippen LogP contribution in [0.4, 0.5) is 13.2 Å². The molecule has 0 aliphatic rings. The van der Waals surface area contributed by atoms with E-state index in [0.717, 1.165) is 0 Å². The number of carbonyl (C=O) groups excluding carboxylic acids is 1. The first-order valence-electron chi connectivity index (χ1n) is 5.22. The van der Waals surface area contributed by atoms with Crippen molar-refractivity contribution in [1.29, 1.82) is 0 Å². The molecule has 0 saturated heterocycles. The maximum absolute atomic E-state index is 12.4. The van der Waals surface area contributed by atoms with Crippen LogP contribution in [0.15, 0.2) is 22.7 Å². The van der Waals surface area contributed by atoms with Crippen LogP contribution in [-0.4, -0.2) is 23.2 Å². The minimum Gasteiger partial charge on any atom is -0.496 e. The van der Waals surface area contributed by atoms with Crippen molar-refractivity contribution < 1.29 is 27.2 Å². The zero-order chi connectivity index (χ0) is 14.9. The van der Waals surface area contributed by atoms with Crippen molar-refractivity contribution in [1.82, 2.24) is 10.1 Å². The van der Waals surface area contributed by atoms with Gasteiger partial charge in [0, 0.05) is 5.56 Å². The van der Waals surface area contributed by atoms with Crippen LogP contribution in [0.25, 0.3) is 11.4 Å². The van der Waals surface area contributed by atoms with E-state index in [1.807, 2.05) is 0 Å². The molecule has 6 nitrogen and oxygen atoms in total. The normalized spacial score (nSPS) is 11.4. The number of nitrogens with two attached hydrogens (primary N) is 1. The third-order valence-electron chi connectivity index (χ3n) is 2.40. The average Bonchev–Trinajstić information content (AvgIpc) is 2.87. The fourth-order valence-corrected chi connectivity index (χ4v) is 1.48. The number of primary amides is 1. The standard InChI is InChI=1S/C11H8F3N3O3/c1-19-7-4-5(8(15)18)2-3-6(7)9-16-10(20-17-9)11(12,13)14/h2-4H,1H3,(H2,15,18). The van der Waals surface area contributed by atoms with Crippen molar-refractivity contribution in [3.05, 3.63) is 29.7 Å². The molecule has 20 heavy (non-hydrogen) atoms. The molecule has 0 bridgehead atoms. The molecule has 2 aromatic rings. The van der Waals surface area contributed by atoms with E-state index in [9.17, 15) is 18.0 Å². The Balaban J connectivity index is 2.47. The van der Waals surface area contributed by atoms with E-state index >= 15 is 0 Å². The van der Waals surface area contributed by atoms with Gasteiger partial charge in [-0.3, -0.25) is 4.79 Å². The van der Waals surface area contributed by atoms with Crippen molar-refractivity contribution >= 4 is 5.91 Å². The number of ether oxygens (including phenoxy) is 1. The van der Waals surface area contributed by atoms with E-state index in [0.29, 0.717) is 0 Å². The maximum Gasteiger partial charge on any atom is 0.471 e. The highest BCUT2D eigenvalue weighted by atomic mass is 19.4. The van der Waals surface area contributed by atoms with Crippen molar-refractivity contribution in [2.75, 3.05) is 7.11 Å². The summed E-state index contributed by atoms with van der Waals surface area (Å²) in [6, 6.07) is 3.93. The number of aromatic nitrogens is 2. The summed E-state index contributed by atoms with van der Waals surface area (Å²) in [4.78, 5) is 14.3. The van der Waals surface area contributed by atoms with Crippen molar-refractivity contribution in [3.8, 4) is 17.1 Å². The monoisotopic (exact) mass is 287 g/mol. The predicted octanol–water partition coefficient (Wildman–Crippen LogP) is 1.86. The second kappa shape index (κ2) is 4.83. The van der Waals surface area contributed by atoms with E-state index < -0.39 is 18.0 Å². The van der Waals surface area contributed by atoms with Gasteiger partial charge in [0.2, 0.25) is 11.7 Å². The summed E-state index contributed by atoms with van der Waals surface area (Å²) >= 11 is 0. The van der Waals surface area contributed by atoms with Crippen LogP contribution in [-0.2, 0) is 6.18 Å². The molecule has 106 valence electrons. The van der Waals surface area contributed by atoms with Gasteiger partial charge in [-0.15, -0.1) is 0 Å². The molecule has 0 spiro atoms. The first-order valence-corrected chi connectivity index (χ1v) is 5.22. The second-order valence-electron chi connectivity index (χ2n) is 3.70. The van der Waals surface area contributed by atoms with Crippen LogP contribution >= 0.6 is 0 Å². The highest BCUT2D eigenvalue weighted by Gasteiger charge is 2.38. The highest BCUT2D eigenvalue weighted by Crippen LogP contribution is 2.32. The van der Waals surface area contributed by atoms with Crippen molar-refractivity contribution in [3.63, 3.8) is 0 Å². The number of rotatable bonds is 3. The van der Waals surface area contributed by atoms with E-state index in [1.54, 1.807) is 0 Å². The van der Waals surface area contributed by atoms with E-state index in [1.165, 1.54) is 25.3 Å². The van der Waals surface area contributed by atoms with Gasteiger partial charge in [0.15, 0.2) is 0 Å². The van der Waals surface area contributed by atoms with Gasteiger partial charge < -0.3 is 15.0 Å². The molecule has 1 heterocycles. The summed E-state index contributed by atoms with van der Waals surface area (Å²) in [5.74, 6) is -2.35. The minimum atomic E-state index is -4.73. The number of hydrogen-bond acceptors (Lipinski definition) is 5. The van der Waals surface area contributed by atoms with Crippen molar-refractivity contribution in [2.45, 2.75) is 6.18 Å². The van der Waals surface area contributed by atoms with Gasteiger partial charge in [-0.1, -0.05) is 5.16 Å². The number of halogens is 3. The van der Waals surface area contributed by atoms with Crippen LogP contribution in [0.3, 0.4) is 0 Å². The summed E-state index contributed by atoms with van der Waals surface area (Å²) in [5, 5.41) is 3.23. The number of hydrogen-bond donors (Lipinski definition) is 1. The largest absolute Gasteiger partial charge is 0.496 e. The van der Waals surface area contributed by atoms with Crippen LogP contribution in [0.2, 0.25) is 0 Å². The molecule has 0 aliphatic carbocycles. The first kappa shape index (κ1) is 13.8. The summed E-state index contributed by atoms with van der Waals surface area (Å²) in [6.45, 7) is 0. The van der Waals surface area contributed by atoms with Gasteiger partial charge in [0.1, 0.15) is 5.75 Å². The molecule has 1 amide bonds. The zero-order valence-electron chi connectivity index (χ0n) is 10.1. The molecule has 2 N–H and O–H groups in total. The number of benzene rings is 1. The van der Waals surface area contributed by atoms with Gasteiger partial charge in [0.05, 0.1) is 12.7 Å². The van der Waals surface area contributed by atoms with Gasteiger partial charge in [0.25, 0.3) is 0 Å². The summed E-state index contributed by atoms with van der Waals surface area (Å²) in [7, 11) is 1.29. The Labute approximate surface area is 110 Å². The van der Waals surface area contributed by atoms with Crippen LogP contribution in [0.1, 0.15) is 16.2 Å². The predicted molar refractivity (Wildman–Crippen MR) is 59.8 cm³/mol. The smallest absolute Gasteiger partial charge is 0.471 e. The molecular formula is C11H8F3N3O3. The minimum absolute atomic E-state index is 0.107. The summed E-state index contributed by atoms with van der Waals surface area (Å²) in [5.41, 5.74) is 5.39. The number of alkyl halides is 3. The lowest BCUT2D eigenvalue weighted by Crippen LogP contribution is -2.11. The van der Waals surface area contributed by atoms with E-state index in [2.05, 4.69) is 14.7 Å². The molecule has 0 aliphatic heterocycles. The lowest BCUT2D eigenvalue weighted by Gasteiger charge is -2.06. The molecule has 9 heteroatoms. The number of amides is 1. The molecule has 0 atom stereocenters. The van der Waals surface area contributed by atoms with Crippen LogP contribution < -0.4 is 10.5 Å². The van der Waals surface area contributed by atoms with Gasteiger partial charge in [-0.2, -0.15) is 18.2 Å². The second-order valence-corrected chi connectivity index (χ2v) is 3.70.